The minimum absolute atomic E-state index is 0.00729. The van der Waals surface area contributed by atoms with Crippen molar-refractivity contribution in [3.05, 3.63) is 35.6 Å². The quantitative estimate of drug-likeness (QED) is 0.875. The number of alkyl carbamates (subject to hydrolysis) is 1. The van der Waals surface area contributed by atoms with Gasteiger partial charge >= 0.3 is 6.09 Å². The summed E-state index contributed by atoms with van der Waals surface area (Å²) >= 11 is 0. The van der Waals surface area contributed by atoms with Crippen LogP contribution in [0.25, 0.3) is 0 Å². The van der Waals surface area contributed by atoms with Gasteiger partial charge in [-0.1, -0.05) is 18.2 Å². The van der Waals surface area contributed by atoms with Crippen molar-refractivity contribution in [3.63, 3.8) is 0 Å². The van der Waals surface area contributed by atoms with Crippen molar-refractivity contribution in [3.8, 4) is 0 Å². The standard InChI is InChI=1S/C16H25FN2O2/c1-11(10-18-15(20)21-16(3,4)5)19-12(2)13-8-6-7-9-14(13)17/h6-9,11-12,19H,10H2,1-5H3,(H,18,20)/t11?,12-/m1/s1. The van der Waals surface area contributed by atoms with E-state index < -0.39 is 11.7 Å². The number of amides is 1. The molecule has 1 amide bonds. The zero-order chi connectivity index (χ0) is 16.0. The highest BCUT2D eigenvalue weighted by atomic mass is 19.1. The van der Waals surface area contributed by atoms with E-state index in [1.54, 1.807) is 18.2 Å². The molecule has 0 aliphatic heterocycles. The lowest BCUT2D eigenvalue weighted by Crippen LogP contribution is -2.42. The summed E-state index contributed by atoms with van der Waals surface area (Å²) in [6, 6.07) is 6.52. The molecule has 118 valence electrons. The molecule has 0 fully saturated rings. The van der Waals surface area contributed by atoms with Crippen molar-refractivity contribution in [2.24, 2.45) is 0 Å². The van der Waals surface area contributed by atoms with Crippen molar-refractivity contribution >= 4 is 6.09 Å². The van der Waals surface area contributed by atoms with Crippen LogP contribution in [0.1, 0.15) is 46.2 Å². The molecule has 5 heteroatoms. The molecule has 0 aliphatic rings. The topological polar surface area (TPSA) is 50.4 Å². The number of nitrogens with one attached hydrogen (secondary N) is 2. The van der Waals surface area contributed by atoms with Crippen LogP contribution >= 0.6 is 0 Å². The maximum absolute atomic E-state index is 13.7. The summed E-state index contributed by atoms with van der Waals surface area (Å²) in [5.41, 5.74) is 0.0999. The fraction of sp³-hybridized carbons (Fsp3) is 0.562. The van der Waals surface area contributed by atoms with Crippen molar-refractivity contribution in [2.75, 3.05) is 6.54 Å². The van der Waals surface area contributed by atoms with Gasteiger partial charge in [-0.15, -0.1) is 0 Å². The predicted octanol–water partition coefficient (Wildman–Crippen LogP) is 3.39. The molecule has 0 saturated heterocycles. The first-order valence-electron chi connectivity index (χ1n) is 7.16. The number of benzene rings is 1. The molecule has 0 saturated carbocycles. The molecule has 2 atom stereocenters. The highest BCUT2D eigenvalue weighted by Crippen LogP contribution is 2.16. The first-order valence-corrected chi connectivity index (χ1v) is 7.16. The fourth-order valence-electron chi connectivity index (χ4n) is 1.95. The van der Waals surface area contributed by atoms with E-state index in [-0.39, 0.29) is 17.9 Å². The van der Waals surface area contributed by atoms with Gasteiger partial charge in [-0.3, -0.25) is 0 Å². The molecule has 0 heterocycles. The first kappa shape index (κ1) is 17.4. The molecule has 0 bridgehead atoms. The number of hydrogen-bond donors (Lipinski definition) is 2. The van der Waals surface area contributed by atoms with Crippen molar-refractivity contribution in [1.82, 2.24) is 10.6 Å². The lowest BCUT2D eigenvalue weighted by molar-refractivity contribution is 0.0522. The molecule has 1 unspecified atom stereocenters. The van der Waals surface area contributed by atoms with E-state index in [2.05, 4.69) is 10.6 Å². The van der Waals surface area contributed by atoms with E-state index in [9.17, 15) is 9.18 Å². The van der Waals surface area contributed by atoms with Crippen LogP contribution in [0.2, 0.25) is 0 Å². The smallest absolute Gasteiger partial charge is 0.407 e. The highest BCUT2D eigenvalue weighted by Gasteiger charge is 2.17. The van der Waals surface area contributed by atoms with Crippen LogP contribution in [0, 0.1) is 5.82 Å². The van der Waals surface area contributed by atoms with E-state index in [0.29, 0.717) is 12.1 Å². The Morgan fingerprint density at radius 2 is 1.90 bits per heavy atom. The molecule has 1 aromatic rings. The maximum Gasteiger partial charge on any atom is 0.407 e. The zero-order valence-corrected chi connectivity index (χ0v) is 13.4. The summed E-state index contributed by atoms with van der Waals surface area (Å²) in [5.74, 6) is -0.232. The number of carbonyl (C=O) groups is 1. The average molecular weight is 296 g/mol. The normalized spacial score (nSPS) is 14.4. The maximum atomic E-state index is 13.7. The van der Waals surface area contributed by atoms with E-state index in [1.165, 1.54) is 6.07 Å². The largest absolute Gasteiger partial charge is 0.444 e. The SMILES string of the molecule is CC(CNC(=O)OC(C)(C)C)N[C@H](C)c1ccccc1F. The lowest BCUT2D eigenvalue weighted by atomic mass is 10.1. The van der Waals surface area contributed by atoms with Gasteiger partial charge < -0.3 is 15.4 Å². The summed E-state index contributed by atoms with van der Waals surface area (Å²) < 4.78 is 18.8. The molecule has 0 aliphatic carbocycles. The summed E-state index contributed by atoms with van der Waals surface area (Å²) in [7, 11) is 0. The van der Waals surface area contributed by atoms with Gasteiger partial charge in [0, 0.05) is 24.2 Å². The minimum Gasteiger partial charge on any atom is -0.444 e. The van der Waals surface area contributed by atoms with E-state index >= 15 is 0 Å². The summed E-state index contributed by atoms with van der Waals surface area (Å²) in [6.07, 6.45) is -0.449. The van der Waals surface area contributed by atoms with Crippen LogP contribution in [0.5, 0.6) is 0 Å². The number of hydrogen-bond acceptors (Lipinski definition) is 3. The second-order valence-corrected chi connectivity index (χ2v) is 6.19. The molecule has 21 heavy (non-hydrogen) atoms. The van der Waals surface area contributed by atoms with Crippen LogP contribution in [0.4, 0.5) is 9.18 Å². The Balaban J connectivity index is 2.42. The van der Waals surface area contributed by atoms with Gasteiger partial charge in [0.15, 0.2) is 0 Å². The number of carbonyl (C=O) groups excluding carboxylic acids is 1. The molecular formula is C16H25FN2O2. The summed E-state index contributed by atoms with van der Waals surface area (Å²) in [5, 5.41) is 5.94. The van der Waals surface area contributed by atoms with Gasteiger partial charge in [-0.25, -0.2) is 9.18 Å². The second kappa shape index (κ2) is 7.41. The van der Waals surface area contributed by atoms with Crippen molar-refractivity contribution < 1.29 is 13.9 Å². The zero-order valence-electron chi connectivity index (χ0n) is 13.4. The second-order valence-electron chi connectivity index (χ2n) is 6.19. The Morgan fingerprint density at radius 3 is 2.48 bits per heavy atom. The van der Waals surface area contributed by atoms with E-state index in [0.717, 1.165) is 0 Å². The molecule has 1 rings (SSSR count). The minimum atomic E-state index is -0.513. The van der Waals surface area contributed by atoms with Gasteiger partial charge in [0.1, 0.15) is 11.4 Å². The van der Waals surface area contributed by atoms with Crippen LogP contribution in [0.15, 0.2) is 24.3 Å². The van der Waals surface area contributed by atoms with Crippen molar-refractivity contribution in [2.45, 2.75) is 52.3 Å². The third kappa shape index (κ3) is 6.58. The van der Waals surface area contributed by atoms with E-state index in [4.69, 9.17) is 4.74 Å². The Labute approximate surface area is 126 Å². The Bertz CT molecular complexity index is 472. The van der Waals surface area contributed by atoms with Crippen LogP contribution in [0.3, 0.4) is 0 Å². The average Bonchev–Trinajstić information content (AvgIpc) is 2.34. The fourth-order valence-corrected chi connectivity index (χ4v) is 1.95. The molecule has 0 spiro atoms. The van der Waals surface area contributed by atoms with Gasteiger partial charge in [-0.05, 0) is 40.7 Å². The monoisotopic (exact) mass is 296 g/mol. The van der Waals surface area contributed by atoms with Gasteiger partial charge in [-0.2, -0.15) is 0 Å². The molecule has 1 aromatic carbocycles. The predicted molar refractivity (Wildman–Crippen MR) is 81.6 cm³/mol. The van der Waals surface area contributed by atoms with E-state index in [1.807, 2.05) is 34.6 Å². The Kier molecular flexibility index (Phi) is 6.15. The number of halogens is 1. The third-order valence-electron chi connectivity index (χ3n) is 2.86. The molecular weight excluding hydrogens is 271 g/mol. The third-order valence-corrected chi connectivity index (χ3v) is 2.86. The summed E-state index contributed by atoms with van der Waals surface area (Å²) in [4.78, 5) is 11.6. The molecule has 0 radical (unpaired) electrons. The van der Waals surface area contributed by atoms with Gasteiger partial charge in [0.05, 0.1) is 0 Å². The summed E-state index contributed by atoms with van der Waals surface area (Å²) in [6.45, 7) is 9.67. The highest BCUT2D eigenvalue weighted by molar-refractivity contribution is 5.67. The number of rotatable bonds is 5. The van der Waals surface area contributed by atoms with Crippen LogP contribution in [-0.2, 0) is 4.74 Å². The Hall–Kier alpha value is -1.62. The van der Waals surface area contributed by atoms with Gasteiger partial charge in [0.25, 0.3) is 0 Å². The van der Waals surface area contributed by atoms with Crippen LogP contribution < -0.4 is 10.6 Å². The first-order chi connectivity index (χ1) is 9.69. The molecule has 0 aromatic heterocycles. The Morgan fingerprint density at radius 1 is 1.29 bits per heavy atom. The lowest BCUT2D eigenvalue weighted by Gasteiger charge is -2.23. The molecule has 4 nitrogen and oxygen atoms in total. The molecule has 2 N–H and O–H groups in total. The van der Waals surface area contributed by atoms with Crippen molar-refractivity contribution in [1.29, 1.82) is 0 Å². The van der Waals surface area contributed by atoms with Gasteiger partial charge in [0.2, 0.25) is 0 Å². The van der Waals surface area contributed by atoms with Crippen LogP contribution in [-0.4, -0.2) is 24.3 Å². The number of ether oxygens (including phenoxy) is 1.